The molecule has 0 aliphatic carbocycles. The van der Waals surface area contributed by atoms with E-state index < -0.39 is 41.8 Å². The number of carboxylic acid groups (broad SMARTS) is 2. The van der Waals surface area contributed by atoms with Crippen LogP contribution >= 0.6 is 98.0 Å². The number of ether oxygens (including phenoxy) is 3. The van der Waals surface area contributed by atoms with Crippen molar-refractivity contribution in [3.05, 3.63) is 67.6 Å². The summed E-state index contributed by atoms with van der Waals surface area (Å²) in [6.45, 7) is 24.8. The van der Waals surface area contributed by atoms with Crippen molar-refractivity contribution in [2.24, 2.45) is 20.7 Å². The van der Waals surface area contributed by atoms with Crippen molar-refractivity contribution in [1.82, 2.24) is 55.6 Å². The minimum atomic E-state index is -1.07. The van der Waals surface area contributed by atoms with E-state index in [2.05, 4.69) is 69.2 Å². The van der Waals surface area contributed by atoms with Crippen LogP contribution in [0.1, 0.15) is 261 Å². The molecule has 150 heavy (non-hydrogen) atoms. The number of aliphatic hydroxyl groups is 1. The Morgan fingerprint density at radius 3 is 1.11 bits per heavy atom. The maximum absolute atomic E-state index is 12.5. The van der Waals surface area contributed by atoms with E-state index in [9.17, 15) is 81.8 Å². The van der Waals surface area contributed by atoms with Gasteiger partial charge in [0.25, 0.3) is 18.3 Å². The molecule has 2 aromatic rings. The number of unbranched alkanes of at least 4 members (excludes halogenated alkanes) is 14. The first-order valence-corrected chi connectivity index (χ1v) is 48.2. The molecule has 54 heteroatoms. The van der Waals surface area contributed by atoms with Gasteiger partial charge in [-0.05, 0) is 104 Å². The van der Waals surface area contributed by atoms with Crippen LogP contribution in [-0.2, 0) is 101 Å². The number of nitrogens with zero attached hydrogens (tertiary/aromatic N) is 10. The summed E-state index contributed by atoms with van der Waals surface area (Å²) in [4.78, 5) is 228. The van der Waals surface area contributed by atoms with Crippen LogP contribution in [0.2, 0.25) is 20.1 Å². The fraction of sp³-hybridized carbons (Fsp3) is 0.646. The molecule has 43 nitrogen and oxygen atoms in total. The number of rotatable bonds is 39. The minimum Gasteiger partial charge on any atom is -1.00 e. The monoisotopic (exact) mass is 2330 g/mol. The van der Waals surface area contributed by atoms with Crippen LogP contribution in [0.25, 0.3) is 0 Å². The normalized spacial score (nSPS) is 12.5. The molecule has 2 aromatic carbocycles. The molecular formula is C96H167Cl5K2LiN15O28S3. The van der Waals surface area contributed by atoms with E-state index >= 15 is 0 Å². The Morgan fingerprint density at radius 2 is 0.853 bits per heavy atom. The second-order valence-electron chi connectivity index (χ2n) is 31.1. The summed E-state index contributed by atoms with van der Waals surface area (Å²) in [5.41, 5.74) is 8.65. The number of nitrogens with one attached hydrogen (secondary N) is 4. The first-order chi connectivity index (χ1) is 66.6. The number of likely N-dealkylation sites (N-methyl/N-ethyl adjacent to an activating group) is 7. The molecule has 0 aromatic heterocycles. The number of esters is 3. The number of carbonyl (C=O) groups is 17. The van der Waals surface area contributed by atoms with Gasteiger partial charge in [-0.15, -0.1) is 12.4 Å². The number of benzene rings is 2. The molecular weight excluding hydrogens is 2170 g/mol. The number of aliphatic hydroxyl groups excluding tert-OH is 1. The van der Waals surface area contributed by atoms with Gasteiger partial charge in [0, 0.05) is 92.8 Å². The first kappa shape index (κ1) is 177. The number of carbonyl (C=O) groups excluding carboxylic acids is 17. The molecule has 10 N–H and O–H groups in total. The van der Waals surface area contributed by atoms with E-state index in [1.165, 1.54) is 61.3 Å². The molecule has 5 aliphatic heterocycles. The predicted molar refractivity (Wildman–Crippen MR) is 584 cm³/mol. The Morgan fingerprint density at radius 1 is 0.540 bits per heavy atom. The van der Waals surface area contributed by atoms with Gasteiger partial charge < -0.3 is 108 Å². The summed E-state index contributed by atoms with van der Waals surface area (Å²) >= 11 is 29.1. The van der Waals surface area contributed by atoms with E-state index in [0.717, 1.165) is 112 Å². The molecule has 5 heterocycles. The average molecular weight is 2340 g/mol. The summed E-state index contributed by atoms with van der Waals surface area (Å²) in [7, 11) is 11.9. The second kappa shape index (κ2) is 115. The van der Waals surface area contributed by atoms with Gasteiger partial charge in [0.1, 0.15) is 38.8 Å². The first-order valence-electron chi connectivity index (χ1n) is 46.3. The van der Waals surface area contributed by atoms with Crippen molar-refractivity contribution < 1.29 is 259 Å². The minimum absolute atomic E-state index is 0. The van der Waals surface area contributed by atoms with Crippen molar-refractivity contribution in [3.63, 3.8) is 0 Å². The maximum Gasteiger partial charge on any atom is 1.00 e. The van der Waals surface area contributed by atoms with Crippen molar-refractivity contribution in [2.45, 2.75) is 251 Å². The number of aliphatic carboxylic acids is 2. The smallest absolute Gasteiger partial charge is 1.00 e. The van der Waals surface area contributed by atoms with E-state index in [1.807, 2.05) is 21.0 Å². The van der Waals surface area contributed by atoms with E-state index in [4.69, 9.17) is 94.2 Å². The number of hydrogen-bond acceptors (Lipinski definition) is 31. The molecule has 0 unspecified atom stereocenters. The molecule has 7 rings (SSSR count). The molecule has 0 bridgehead atoms. The molecule has 10 amide bonds. The van der Waals surface area contributed by atoms with Gasteiger partial charge >= 0.3 is 158 Å². The number of hydrogen-bond donors (Lipinski definition) is 8. The van der Waals surface area contributed by atoms with Crippen LogP contribution in [0.5, 0.6) is 0 Å². The maximum atomic E-state index is 12.5. The molecule has 2 saturated heterocycles. The van der Waals surface area contributed by atoms with Gasteiger partial charge in [0.15, 0.2) is 5.78 Å². The molecule has 0 saturated carbocycles. The summed E-state index contributed by atoms with van der Waals surface area (Å²) in [6, 6.07) is 8.09. The molecule has 0 radical (unpaired) electrons. The van der Waals surface area contributed by atoms with Crippen LogP contribution in [0.15, 0.2) is 51.4 Å². The summed E-state index contributed by atoms with van der Waals surface area (Å²) in [5.74, 6) is -3.93. The summed E-state index contributed by atoms with van der Waals surface area (Å²) in [5, 5.41) is 44.6. The quantitative estimate of drug-likeness (QED) is 0.00674. The zero-order chi connectivity index (χ0) is 109. The largest absolute Gasteiger partial charge is 1.00 e. The van der Waals surface area contributed by atoms with Crippen LogP contribution in [0, 0.1) is 0 Å². The Balaban J connectivity index is -0.000000100. The van der Waals surface area contributed by atoms with E-state index in [0.29, 0.717) is 91.3 Å². The number of carboxylic acids is 2. The molecule has 0 spiro atoms. The van der Waals surface area contributed by atoms with Crippen LogP contribution < -0.4 is 154 Å². The summed E-state index contributed by atoms with van der Waals surface area (Å²) in [6.07, 6.45) is 22.4. The van der Waals surface area contributed by atoms with Gasteiger partial charge in [-0.1, -0.05) is 210 Å². The van der Waals surface area contributed by atoms with Crippen molar-refractivity contribution in [2.75, 3.05) is 161 Å². The standard InChI is InChI=1S/C24H33Cl2N3O3.C23H31Cl2N3O4.C8H15NO3.C7H14N2O3.C6H10N2O.C5H8N2O2.C5H8N2OS.C5H12.C4H8O2.C3H6O2.C2H6O.CH2O3.CO2.2CH4.ClH.2K.Li.H2O.2H2S.H/c1-17(30)21(28-24(32)23-19(25)12-10-13-20(23)26)14-9-7-5-3-4-6-8-11-18-16-29(2)22(31)15-27-18;1-28-15-16(26-14-20(28)29)10-7-5-3-2-4-6-8-13-19(23(31)32)27-22(30)21-17(24)11-9-12-18(21)25;1-4-7(10)9(3)6-8(11)12-5-2;1-3-12-7(11)5-9(2)6(10)4-8;1-5-4-8(2)6(9)3-7-5;1-7-3-4(8)6-2-5(7)9;1-7-3-4(9)6-2-5(7)8;1-3-5-4-2;1-3-6-4(2)5;1-2-3(4)5;1-2-3;2-1-4-3;2-1-3;;;;;;;;;;/h10,12-13,21H,3-9,11,14-16H2,1-2H3,(H,28,32);9,11-12,19H,2-8,10,13-15H2,1H3,(H,27,30)(H,31,32);4-6H2,1-3H3;3-5,8H2,1-2H3;3-4H2,1-2H3;2-3H2,1H3,(H,6,8);2-3H2,1H3,(H,6,9);3-5H2,1-2H3;3H2,1-2H3;2H2,1H3,(H,4,5);3H,2H2,1H3;1,3H;;2*1H4;1H;;;;3*1H2;/q;;;;;;;;;;;;;;;;3*+1;;;;-1/p-2/t21-;19-;;;;;;;;;;;;;;;;;;;;;/m00...................../s1. The number of thiocarbonyl (C=S) groups is 1. The van der Waals surface area contributed by atoms with Crippen molar-refractivity contribution in [3.8, 4) is 0 Å². The van der Waals surface area contributed by atoms with Crippen LogP contribution in [0.3, 0.4) is 0 Å². The number of Topliss-reactive ketones (excluding diaryl/α,β-unsaturated/α-hetero) is 1. The number of piperazine rings is 2. The number of ketones is 1. The second-order valence-corrected chi connectivity index (χ2v) is 33.2. The molecule has 850 valence electrons. The third kappa shape index (κ3) is 98.6. The molecule has 2 fully saturated rings. The Bertz CT molecular complexity index is 4020. The fourth-order valence-corrected chi connectivity index (χ4v) is 12.9. The van der Waals surface area contributed by atoms with Gasteiger partial charge in [0.05, 0.1) is 114 Å². The SMILES string of the molecule is C.C.CC(=O)[C@H](CCCCCCCCCC1=NCC(=O)N(C)C1)NC(=O)c1c(Cl)cccc1Cl.CC1=NCC(=O)N(C)C1.CCC(=O)O.CCCCC.CCO.CCOC(=O)CN(C)C(=O)CC.CCOC(=O)CN(C)C(=O)CN.CCOC(C)=O.CN1CC(=O)NCC1=O.CN1CC(=S)NCC1=O.CN1CC(CCCCCCCCC[C@H](NC(=O)c2c(Cl)cccc2Cl)C(=O)O)=NCC1=O.Cl.O=C=O.O=CO[O-].S.S.[H-].[K+].[K+].[Li+].[OH-]. The van der Waals surface area contributed by atoms with Gasteiger partial charge in [0.2, 0.25) is 47.3 Å². The average Bonchev–Trinajstić information content (AvgIpc) is 0.836. The number of nitrogens with two attached hydrogens (primary N) is 1. The molecule has 2 atom stereocenters. The Labute approximate surface area is 1030 Å². The zero-order valence-electron chi connectivity index (χ0n) is 90.9. The van der Waals surface area contributed by atoms with Crippen LogP contribution in [0.4, 0.5) is 0 Å². The summed E-state index contributed by atoms with van der Waals surface area (Å²) < 4.78 is 13.7. The van der Waals surface area contributed by atoms with Crippen molar-refractivity contribution >= 4 is 227 Å². The number of amides is 10. The fourth-order valence-electron chi connectivity index (χ4n) is 11.5. The predicted octanol–water partition coefficient (Wildman–Crippen LogP) is 0.923. The third-order valence-corrected chi connectivity index (χ3v) is 20.7. The topological polar surface area (TPSA) is 609 Å². The third-order valence-electron chi connectivity index (χ3n) is 19.2. The zero-order valence-corrected chi connectivity index (χ0v) is 103. The Kier molecular flexibility index (Phi) is 136. The van der Waals surface area contributed by atoms with Gasteiger partial charge in [-0.2, -0.15) is 36.6 Å². The van der Waals surface area contributed by atoms with Gasteiger partial charge in [-0.3, -0.25) is 91.7 Å². The van der Waals surface area contributed by atoms with E-state index in [1.54, 1.807) is 126 Å². The van der Waals surface area contributed by atoms with Gasteiger partial charge in [-0.25, -0.2) is 4.79 Å². The van der Waals surface area contributed by atoms with E-state index in [-0.39, 0.29) is 344 Å². The van der Waals surface area contributed by atoms with Crippen molar-refractivity contribution in [1.29, 1.82) is 0 Å². The van der Waals surface area contributed by atoms with Crippen LogP contribution in [-0.4, -0.2) is 357 Å². The Hall–Kier alpha value is -6.23. The number of aliphatic imine (C=N–C) groups is 3. The number of halogens is 5. The molecule has 5 aliphatic rings.